The van der Waals surface area contributed by atoms with Gasteiger partial charge in [0.1, 0.15) is 0 Å². The number of carbonyl (C=O) groups excluding carboxylic acids is 1. The molecule has 1 fully saturated rings. The molecule has 1 aliphatic rings. The summed E-state index contributed by atoms with van der Waals surface area (Å²) in [6.45, 7) is 5.35. The molecule has 0 aromatic heterocycles. The Bertz CT molecular complexity index is 525. The number of carbonyl (C=O) groups is 1. The summed E-state index contributed by atoms with van der Waals surface area (Å²) in [7, 11) is 0. The van der Waals surface area contributed by atoms with Crippen LogP contribution >= 0.6 is 0 Å². The van der Waals surface area contributed by atoms with Crippen LogP contribution in [-0.2, 0) is 0 Å². The molecule has 134 valence electrons. The SMILES string of the molecule is CCCOc1ccc(C(=O)NC2CCC(N)CC2)cc1OCCC. The Hall–Kier alpha value is -1.75. The van der Waals surface area contributed by atoms with Gasteiger partial charge in [-0.3, -0.25) is 4.79 Å². The standard InChI is InChI=1S/C19H30N2O3/c1-3-11-23-17-10-5-14(13-18(17)24-12-4-2)19(22)21-16-8-6-15(20)7-9-16/h5,10,13,15-16H,3-4,6-9,11-12,20H2,1-2H3,(H,21,22). The van der Waals surface area contributed by atoms with Crippen molar-refractivity contribution in [1.29, 1.82) is 0 Å². The van der Waals surface area contributed by atoms with E-state index in [-0.39, 0.29) is 18.0 Å². The average Bonchev–Trinajstić information content (AvgIpc) is 2.60. The first-order chi connectivity index (χ1) is 11.6. The van der Waals surface area contributed by atoms with E-state index in [2.05, 4.69) is 19.2 Å². The first-order valence-corrected chi connectivity index (χ1v) is 9.10. The van der Waals surface area contributed by atoms with Gasteiger partial charge < -0.3 is 20.5 Å². The van der Waals surface area contributed by atoms with Crippen molar-refractivity contribution < 1.29 is 14.3 Å². The van der Waals surface area contributed by atoms with Crippen molar-refractivity contribution in [3.05, 3.63) is 23.8 Å². The minimum atomic E-state index is -0.0566. The van der Waals surface area contributed by atoms with Gasteiger partial charge in [0.05, 0.1) is 13.2 Å². The van der Waals surface area contributed by atoms with Crippen LogP contribution in [0.5, 0.6) is 11.5 Å². The van der Waals surface area contributed by atoms with Gasteiger partial charge in [-0.05, 0) is 56.7 Å². The van der Waals surface area contributed by atoms with E-state index in [4.69, 9.17) is 15.2 Å². The Labute approximate surface area is 144 Å². The van der Waals surface area contributed by atoms with Crippen LogP contribution in [0, 0.1) is 0 Å². The maximum absolute atomic E-state index is 12.5. The summed E-state index contributed by atoms with van der Waals surface area (Å²) in [5, 5.41) is 3.11. The Kier molecular flexibility index (Phi) is 7.37. The zero-order valence-corrected chi connectivity index (χ0v) is 14.8. The average molecular weight is 334 g/mol. The van der Waals surface area contributed by atoms with E-state index in [9.17, 15) is 4.79 Å². The molecule has 1 aromatic carbocycles. The Balaban J connectivity index is 2.03. The van der Waals surface area contributed by atoms with Crippen molar-refractivity contribution in [2.45, 2.75) is 64.5 Å². The number of benzene rings is 1. The number of rotatable bonds is 8. The Morgan fingerprint density at radius 1 is 1.08 bits per heavy atom. The number of hydrogen-bond acceptors (Lipinski definition) is 4. The van der Waals surface area contributed by atoms with Crippen molar-refractivity contribution in [1.82, 2.24) is 5.32 Å². The van der Waals surface area contributed by atoms with Gasteiger partial charge in [-0.2, -0.15) is 0 Å². The maximum atomic E-state index is 12.5. The molecule has 0 heterocycles. The van der Waals surface area contributed by atoms with Crippen LogP contribution in [-0.4, -0.2) is 31.2 Å². The highest BCUT2D eigenvalue weighted by molar-refractivity contribution is 5.95. The molecule has 5 heteroatoms. The molecule has 1 aliphatic carbocycles. The predicted molar refractivity (Wildman–Crippen MR) is 95.7 cm³/mol. The van der Waals surface area contributed by atoms with E-state index in [0.29, 0.717) is 30.3 Å². The van der Waals surface area contributed by atoms with Gasteiger partial charge in [-0.25, -0.2) is 0 Å². The van der Waals surface area contributed by atoms with E-state index in [1.54, 1.807) is 12.1 Å². The number of nitrogens with one attached hydrogen (secondary N) is 1. The smallest absolute Gasteiger partial charge is 0.251 e. The quantitative estimate of drug-likeness (QED) is 0.765. The second kappa shape index (κ2) is 9.52. The van der Waals surface area contributed by atoms with Crippen molar-refractivity contribution in [2.75, 3.05) is 13.2 Å². The molecule has 24 heavy (non-hydrogen) atoms. The molecule has 1 aromatic rings. The summed E-state index contributed by atoms with van der Waals surface area (Å²) in [6, 6.07) is 5.90. The zero-order valence-electron chi connectivity index (χ0n) is 14.8. The first-order valence-electron chi connectivity index (χ1n) is 9.10. The summed E-state index contributed by atoms with van der Waals surface area (Å²) < 4.78 is 11.5. The fraction of sp³-hybridized carbons (Fsp3) is 0.632. The Morgan fingerprint density at radius 3 is 2.33 bits per heavy atom. The van der Waals surface area contributed by atoms with Crippen LogP contribution in [0.25, 0.3) is 0 Å². The van der Waals surface area contributed by atoms with Gasteiger partial charge in [0.25, 0.3) is 5.91 Å². The van der Waals surface area contributed by atoms with E-state index in [1.807, 2.05) is 6.07 Å². The molecule has 0 atom stereocenters. The summed E-state index contributed by atoms with van der Waals surface area (Å²) in [5.41, 5.74) is 6.53. The van der Waals surface area contributed by atoms with Crippen molar-refractivity contribution in [2.24, 2.45) is 5.73 Å². The lowest BCUT2D eigenvalue weighted by molar-refractivity contribution is 0.0925. The molecule has 0 aliphatic heterocycles. The molecule has 0 spiro atoms. The molecule has 3 N–H and O–H groups in total. The molecule has 0 radical (unpaired) electrons. The molecule has 0 bridgehead atoms. The molecule has 0 saturated heterocycles. The lowest BCUT2D eigenvalue weighted by Gasteiger charge is -2.26. The van der Waals surface area contributed by atoms with E-state index < -0.39 is 0 Å². The van der Waals surface area contributed by atoms with Gasteiger partial charge in [-0.1, -0.05) is 13.8 Å². The van der Waals surface area contributed by atoms with Crippen LogP contribution in [0.2, 0.25) is 0 Å². The van der Waals surface area contributed by atoms with E-state index >= 15 is 0 Å². The van der Waals surface area contributed by atoms with Crippen LogP contribution in [0.15, 0.2) is 18.2 Å². The third-order valence-electron chi connectivity index (χ3n) is 4.24. The molecular formula is C19H30N2O3. The van der Waals surface area contributed by atoms with Crippen LogP contribution < -0.4 is 20.5 Å². The summed E-state index contributed by atoms with van der Waals surface area (Å²) in [4.78, 5) is 12.5. The summed E-state index contributed by atoms with van der Waals surface area (Å²) in [6.07, 6.45) is 5.68. The predicted octanol–water partition coefficient (Wildman–Crippen LogP) is 3.26. The molecule has 1 amide bonds. The molecular weight excluding hydrogens is 304 g/mol. The van der Waals surface area contributed by atoms with E-state index in [0.717, 1.165) is 38.5 Å². The monoisotopic (exact) mass is 334 g/mol. The fourth-order valence-corrected chi connectivity index (χ4v) is 2.84. The van der Waals surface area contributed by atoms with Crippen molar-refractivity contribution in [3.63, 3.8) is 0 Å². The van der Waals surface area contributed by atoms with Gasteiger partial charge in [0.15, 0.2) is 11.5 Å². The number of nitrogens with two attached hydrogens (primary N) is 1. The number of hydrogen-bond donors (Lipinski definition) is 2. The highest BCUT2D eigenvalue weighted by atomic mass is 16.5. The highest BCUT2D eigenvalue weighted by Crippen LogP contribution is 2.29. The minimum absolute atomic E-state index is 0.0566. The second-order valence-electron chi connectivity index (χ2n) is 6.44. The zero-order chi connectivity index (χ0) is 17.4. The molecule has 2 rings (SSSR count). The fourth-order valence-electron chi connectivity index (χ4n) is 2.84. The van der Waals surface area contributed by atoms with Crippen molar-refractivity contribution >= 4 is 5.91 Å². The third kappa shape index (κ3) is 5.41. The maximum Gasteiger partial charge on any atom is 0.251 e. The first kappa shape index (κ1) is 18.6. The summed E-state index contributed by atoms with van der Waals surface area (Å²) >= 11 is 0. The third-order valence-corrected chi connectivity index (χ3v) is 4.24. The van der Waals surface area contributed by atoms with Gasteiger partial charge in [0, 0.05) is 17.6 Å². The van der Waals surface area contributed by atoms with Crippen molar-refractivity contribution in [3.8, 4) is 11.5 Å². The van der Waals surface area contributed by atoms with Gasteiger partial charge >= 0.3 is 0 Å². The molecule has 5 nitrogen and oxygen atoms in total. The van der Waals surface area contributed by atoms with E-state index in [1.165, 1.54) is 0 Å². The lowest BCUT2D eigenvalue weighted by Crippen LogP contribution is -2.40. The largest absolute Gasteiger partial charge is 0.490 e. The minimum Gasteiger partial charge on any atom is -0.490 e. The molecule has 1 saturated carbocycles. The Morgan fingerprint density at radius 2 is 1.71 bits per heavy atom. The topological polar surface area (TPSA) is 73.6 Å². The van der Waals surface area contributed by atoms with Gasteiger partial charge in [0.2, 0.25) is 0 Å². The van der Waals surface area contributed by atoms with Gasteiger partial charge in [-0.15, -0.1) is 0 Å². The second-order valence-corrected chi connectivity index (χ2v) is 6.44. The number of ether oxygens (including phenoxy) is 2. The lowest BCUT2D eigenvalue weighted by atomic mass is 9.91. The normalized spacial score (nSPS) is 20.5. The number of amides is 1. The molecule has 0 unspecified atom stereocenters. The van der Waals surface area contributed by atoms with Crippen LogP contribution in [0.3, 0.4) is 0 Å². The van der Waals surface area contributed by atoms with Crippen LogP contribution in [0.1, 0.15) is 62.7 Å². The van der Waals surface area contributed by atoms with Crippen LogP contribution in [0.4, 0.5) is 0 Å². The highest BCUT2D eigenvalue weighted by Gasteiger charge is 2.21. The summed E-state index contributed by atoms with van der Waals surface area (Å²) in [5.74, 6) is 1.29.